The molecule has 458 valence electrons. The molecule has 8 aromatic heterocycles. The molecule has 0 spiro atoms. The molecule has 0 aliphatic heterocycles. The highest BCUT2D eigenvalue weighted by Crippen LogP contribution is 2.48. The maximum atomic E-state index is 6.65. The molecule has 0 bridgehead atoms. The van der Waals surface area contributed by atoms with E-state index in [9.17, 15) is 0 Å². The molecule has 9 nitrogen and oxygen atoms in total. The maximum absolute atomic E-state index is 6.65. The fourth-order valence-electron chi connectivity index (χ4n) is 15.0. The summed E-state index contributed by atoms with van der Waals surface area (Å²) in [5, 5.41) is 11.1. The topological polar surface area (TPSA) is 81.0 Å². The number of furan rings is 1. The third kappa shape index (κ3) is 8.92. The van der Waals surface area contributed by atoms with Crippen molar-refractivity contribution in [2.45, 2.75) is 0 Å². The molecule has 8 heterocycles. The van der Waals surface area contributed by atoms with Gasteiger partial charge < -0.3 is 23.4 Å². The zero-order valence-corrected chi connectivity index (χ0v) is 53.4. The Morgan fingerprint density at radius 1 is 0.306 bits per heavy atom. The van der Waals surface area contributed by atoms with Crippen LogP contribution in [0.1, 0.15) is 0 Å². The molecule has 0 fully saturated rings. The van der Waals surface area contributed by atoms with Gasteiger partial charge in [-0.2, -0.15) is 0 Å². The van der Waals surface area contributed by atoms with E-state index in [-0.39, 0.29) is 0 Å². The van der Waals surface area contributed by atoms with E-state index in [0.717, 1.165) is 155 Å². The molecule has 12 aromatic carbocycles. The van der Waals surface area contributed by atoms with E-state index >= 15 is 0 Å². The zero-order chi connectivity index (χ0) is 64.4. The van der Waals surface area contributed by atoms with Gasteiger partial charge in [0.2, 0.25) is 0 Å². The predicted octanol–water partition coefficient (Wildman–Crippen LogP) is 24.0. The molecule has 0 saturated heterocycles. The van der Waals surface area contributed by atoms with E-state index in [1.807, 2.05) is 48.1 Å². The molecule has 0 atom stereocenters. The van der Waals surface area contributed by atoms with Crippen LogP contribution in [0.25, 0.3) is 153 Å². The molecule has 0 aliphatic carbocycles. The van der Waals surface area contributed by atoms with Gasteiger partial charge in [0.05, 0.1) is 51.5 Å². The lowest BCUT2D eigenvalue weighted by Gasteiger charge is -2.26. The van der Waals surface area contributed by atoms with E-state index in [1.165, 1.54) is 20.2 Å². The lowest BCUT2D eigenvalue weighted by molar-refractivity contribution is 0.669. The number of hydrogen-bond donors (Lipinski definition) is 0. The van der Waals surface area contributed by atoms with E-state index in [4.69, 9.17) is 19.4 Å². The first kappa shape index (κ1) is 55.4. The Balaban J connectivity index is 0.729. The van der Waals surface area contributed by atoms with Gasteiger partial charge in [-0.1, -0.05) is 164 Å². The van der Waals surface area contributed by atoms with Crippen molar-refractivity contribution < 1.29 is 4.42 Å². The summed E-state index contributed by atoms with van der Waals surface area (Å²) in [4.78, 5) is 24.5. The molecule has 0 N–H and O–H groups in total. The first-order valence-corrected chi connectivity index (χ1v) is 33.7. The Bertz CT molecular complexity index is 6570. The minimum Gasteiger partial charge on any atom is -0.454 e. The molecular weight excluding hydrogens is 1220 g/mol. The molecule has 0 amide bonds. The second kappa shape index (κ2) is 22.3. The Morgan fingerprint density at radius 3 is 1.61 bits per heavy atom. The van der Waals surface area contributed by atoms with E-state index < -0.39 is 0 Å². The average Bonchev–Trinajstić information content (AvgIpc) is 1.54. The Labute approximate surface area is 565 Å². The van der Waals surface area contributed by atoms with E-state index in [1.54, 1.807) is 6.20 Å². The van der Waals surface area contributed by atoms with Gasteiger partial charge in [0.25, 0.3) is 0 Å². The van der Waals surface area contributed by atoms with Gasteiger partial charge in [-0.25, -0.2) is 19.9 Å². The molecule has 98 heavy (non-hydrogen) atoms. The summed E-state index contributed by atoms with van der Waals surface area (Å²) < 4.78 is 14.0. The monoisotopic (exact) mass is 1270 g/mol. The van der Waals surface area contributed by atoms with Crippen LogP contribution in [-0.2, 0) is 0 Å². The van der Waals surface area contributed by atoms with E-state index in [2.05, 4.69) is 309 Å². The third-order valence-electron chi connectivity index (χ3n) is 19.4. The Hall–Kier alpha value is -13.0. The van der Waals surface area contributed by atoms with Crippen molar-refractivity contribution in [2.24, 2.45) is 0 Å². The van der Waals surface area contributed by atoms with Gasteiger partial charge >= 0.3 is 0 Å². The minimum atomic E-state index is 0.663. The number of nitrogens with zero attached hydrogens (tertiary/aromatic N) is 8. The smallest absolute Gasteiger partial charge is 0.159 e. The number of hydrogen-bond acceptors (Lipinski definition) is 8. The number of aromatic nitrogens is 6. The summed E-state index contributed by atoms with van der Waals surface area (Å²) in [6, 6.07) is 109. The number of thiophene rings is 1. The fourth-order valence-corrected chi connectivity index (χ4v) is 16.1. The van der Waals surface area contributed by atoms with Crippen molar-refractivity contribution in [1.82, 2.24) is 29.1 Å². The van der Waals surface area contributed by atoms with Crippen molar-refractivity contribution in [3.8, 4) is 44.8 Å². The first-order chi connectivity index (χ1) is 48.6. The number of rotatable bonds is 11. The summed E-state index contributed by atoms with van der Waals surface area (Å²) in [5.74, 6) is 0. The highest BCUT2D eigenvalue weighted by atomic mass is 32.1. The fraction of sp³-hybridized carbons (Fsp3) is 0. The molecule has 20 aromatic rings. The highest BCUT2D eigenvalue weighted by Gasteiger charge is 2.25. The number of fused-ring (bicyclic) bond motifs is 14. The summed E-state index contributed by atoms with van der Waals surface area (Å²) in [5.41, 5.74) is 21.9. The molecule has 0 saturated carbocycles. The molecule has 0 radical (unpaired) electrons. The van der Waals surface area contributed by atoms with Crippen LogP contribution in [0.5, 0.6) is 0 Å². The SMILES string of the molecule is c1ccc(N(c2ccc(-c3cc(-c4cnc5ncc(-n6c7ccccc7c7cccc(-c8ccc(N(c9ccccc9)c9cccc%10c9oc9ccccc9%10)cc8)c76)cc5c4)cc4c5ccccc5n(-c5cnc6ncccc6c5)c34)cc2)c2ccc3sc4ccccc4c3c2)cc1. The highest BCUT2D eigenvalue weighted by molar-refractivity contribution is 7.25. The number of para-hydroxylation sites is 7. The summed E-state index contributed by atoms with van der Waals surface area (Å²) >= 11 is 1.84. The van der Waals surface area contributed by atoms with Gasteiger partial charge in [-0.3, -0.25) is 0 Å². The standard InChI is InChI=1S/C88H54N8OS/c1-3-19-61(20-4-1)93(65-43-44-83-76(51-65)72-26-10-14-34-82(72)98-83)63-39-37-56(38-40-63)75-49-58(50-77-70-24-8-12-31-79(70)96(85(75)77)66-47-57-18-17-45-89-87(57)91-53-66)60-46-59-48-67(54-92-88(59)90-52-60)95-78-30-11-7-23-69(78)73-28-15-27-68(84(73)95)55-35-41-64(42-36-55)94(62-21-5-2-6-22-62)80-32-16-29-74-71-25-9-13-33-81(71)97-86(74)80/h1-54H. The lowest BCUT2D eigenvalue weighted by Crippen LogP contribution is -2.10. The van der Waals surface area contributed by atoms with Crippen LogP contribution in [-0.4, -0.2) is 29.1 Å². The number of benzene rings is 12. The second-order valence-corrected chi connectivity index (χ2v) is 26.1. The molecule has 0 unspecified atom stereocenters. The van der Waals surface area contributed by atoms with Gasteiger partial charge in [0.1, 0.15) is 5.58 Å². The van der Waals surface area contributed by atoms with Crippen LogP contribution < -0.4 is 9.80 Å². The average molecular weight is 1270 g/mol. The Kier molecular flexibility index (Phi) is 12.6. The second-order valence-electron chi connectivity index (χ2n) is 25.0. The largest absolute Gasteiger partial charge is 0.454 e. The maximum Gasteiger partial charge on any atom is 0.159 e. The lowest BCUT2D eigenvalue weighted by atomic mass is 9.95. The van der Waals surface area contributed by atoms with Gasteiger partial charge in [-0.15, -0.1) is 11.3 Å². The number of anilines is 6. The van der Waals surface area contributed by atoms with E-state index in [0.29, 0.717) is 11.3 Å². The van der Waals surface area contributed by atoms with Crippen molar-refractivity contribution in [2.75, 3.05) is 9.80 Å². The zero-order valence-electron chi connectivity index (χ0n) is 52.6. The van der Waals surface area contributed by atoms with Crippen LogP contribution in [0.3, 0.4) is 0 Å². The summed E-state index contributed by atoms with van der Waals surface area (Å²) in [6.07, 6.45) is 7.70. The van der Waals surface area contributed by atoms with Crippen LogP contribution in [0.15, 0.2) is 333 Å². The molecule has 10 heteroatoms. The van der Waals surface area contributed by atoms with Crippen molar-refractivity contribution >= 4 is 153 Å². The molecule has 0 aliphatic rings. The van der Waals surface area contributed by atoms with Gasteiger partial charge in [-0.05, 0) is 156 Å². The Morgan fingerprint density at radius 2 is 0.857 bits per heavy atom. The van der Waals surface area contributed by atoms with Crippen LogP contribution in [0.2, 0.25) is 0 Å². The normalized spacial score (nSPS) is 11.9. The minimum absolute atomic E-state index is 0.663. The first-order valence-electron chi connectivity index (χ1n) is 32.9. The van der Waals surface area contributed by atoms with Crippen molar-refractivity contribution in [3.63, 3.8) is 0 Å². The number of pyridine rings is 4. The van der Waals surface area contributed by atoms with Crippen molar-refractivity contribution in [3.05, 3.63) is 328 Å². The summed E-state index contributed by atoms with van der Waals surface area (Å²) in [7, 11) is 0. The predicted molar refractivity (Wildman–Crippen MR) is 407 cm³/mol. The quantitative estimate of drug-likeness (QED) is 0.128. The van der Waals surface area contributed by atoms with Crippen LogP contribution in [0, 0.1) is 0 Å². The summed E-state index contributed by atoms with van der Waals surface area (Å²) in [6.45, 7) is 0. The van der Waals surface area contributed by atoms with Gasteiger partial charge in [0.15, 0.2) is 16.9 Å². The van der Waals surface area contributed by atoms with Crippen molar-refractivity contribution in [1.29, 1.82) is 0 Å². The van der Waals surface area contributed by atoms with Crippen LogP contribution in [0.4, 0.5) is 34.1 Å². The molecular formula is C88H54N8OS. The third-order valence-corrected chi connectivity index (χ3v) is 20.6. The molecule has 20 rings (SSSR count). The van der Waals surface area contributed by atoms with Gasteiger partial charge in [0, 0.05) is 121 Å². The van der Waals surface area contributed by atoms with Crippen LogP contribution >= 0.6 is 11.3 Å².